The van der Waals surface area contributed by atoms with Gasteiger partial charge < -0.3 is 10.6 Å². The molecule has 32 heavy (non-hydrogen) atoms. The number of benzene rings is 4. The molecule has 0 radical (unpaired) electrons. The first-order valence-corrected chi connectivity index (χ1v) is 10.5. The van der Waals surface area contributed by atoms with Crippen molar-refractivity contribution in [3.05, 3.63) is 113 Å². The minimum Gasteiger partial charge on any atom is -0.322 e. The van der Waals surface area contributed by atoms with Crippen LogP contribution in [-0.4, -0.2) is 11.8 Å². The third-order valence-corrected chi connectivity index (χ3v) is 5.43. The molecule has 0 aliphatic heterocycles. The van der Waals surface area contributed by atoms with Gasteiger partial charge in [0.15, 0.2) is 0 Å². The predicted molar refractivity (Wildman–Crippen MR) is 132 cm³/mol. The van der Waals surface area contributed by atoms with Crippen molar-refractivity contribution in [3.8, 4) is 0 Å². The first kappa shape index (κ1) is 21.1. The molecular formula is C28H24N2O2. The standard InChI is InChI=1S/C28H24N2O2/c1-19-14-16-23(18-20(19)2)29-28(32)25-12-5-6-13-26(25)30-27(31)17-15-22-10-7-9-21-8-3-4-11-24(21)22/h3-18H,1-2H3,(H,29,32)(H,30,31). The number of carbonyl (C=O) groups excluding carboxylic acids is 2. The zero-order valence-corrected chi connectivity index (χ0v) is 18.1. The minimum atomic E-state index is -0.302. The summed E-state index contributed by atoms with van der Waals surface area (Å²) in [7, 11) is 0. The van der Waals surface area contributed by atoms with Crippen LogP contribution in [0.15, 0.2) is 91.0 Å². The Hall–Kier alpha value is -4.18. The predicted octanol–water partition coefficient (Wildman–Crippen LogP) is 6.36. The summed E-state index contributed by atoms with van der Waals surface area (Å²) in [5.74, 6) is -0.577. The third kappa shape index (κ3) is 4.76. The molecule has 4 aromatic carbocycles. The zero-order valence-electron chi connectivity index (χ0n) is 18.1. The summed E-state index contributed by atoms with van der Waals surface area (Å²) < 4.78 is 0. The maximum atomic E-state index is 12.9. The molecule has 0 saturated heterocycles. The van der Waals surface area contributed by atoms with Gasteiger partial charge in [-0.05, 0) is 71.7 Å². The van der Waals surface area contributed by atoms with Crippen molar-refractivity contribution in [2.75, 3.05) is 10.6 Å². The highest BCUT2D eigenvalue weighted by molar-refractivity contribution is 6.12. The van der Waals surface area contributed by atoms with Gasteiger partial charge in [0.05, 0.1) is 11.3 Å². The van der Waals surface area contributed by atoms with Gasteiger partial charge in [-0.1, -0.05) is 60.7 Å². The summed E-state index contributed by atoms with van der Waals surface area (Å²) in [6, 6.07) is 26.8. The van der Waals surface area contributed by atoms with Crippen LogP contribution in [0, 0.1) is 13.8 Å². The van der Waals surface area contributed by atoms with Crippen molar-refractivity contribution in [1.29, 1.82) is 0 Å². The van der Waals surface area contributed by atoms with E-state index in [0.29, 0.717) is 11.3 Å². The Bertz CT molecular complexity index is 1330. The number of para-hydroxylation sites is 1. The summed E-state index contributed by atoms with van der Waals surface area (Å²) in [4.78, 5) is 25.5. The molecule has 0 aliphatic carbocycles. The maximum Gasteiger partial charge on any atom is 0.257 e. The molecule has 4 aromatic rings. The Morgan fingerprint density at radius 3 is 2.34 bits per heavy atom. The van der Waals surface area contributed by atoms with Gasteiger partial charge in [0, 0.05) is 11.8 Å². The van der Waals surface area contributed by atoms with E-state index in [1.54, 1.807) is 30.3 Å². The molecule has 0 bridgehead atoms. The minimum absolute atomic E-state index is 0.276. The first-order chi connectivity index (χ1) is 15.5. The van der Waals surface area contributed by atoms with E-state index in [9.17, 15) is 9.59 Å². The Morgan fingerprint density at radius 1 is 0.750 bits per heavy atom. The summed E-state index contributed by atoms with van der Waals surface area (Å²) in [6.07, 6.45) is 3.27. The highest BCUT2D eigenvalue weighted by Gasteiger charge is 2.13. The quantitative estimate of drug-likeness (QED) is 0.369. The van der Waals surface area contributed by atoms with E-state index in [2.05, 4.69) is 10.6 Å². The number of fused-ring (bicyclic) bond motifs is 1. The smallest absolute Gasteiger partial charge is 0.257 e. The van der Waals surface area contributed by atoms with Gasteiger partial charge in [-0.3, -0.25) is 9.59 Å². The summed E-state index contributed by atoms with van der Waals surface area (Å²) in [6.45, 7) is 4.03. The van der Waals surface area contributed by atoms with Crippen molar-refractivity contribution in [1.82, 2.24) is 0 Å². The van der Waals surface area contributed by atoms with Crippen LogP contribution in [0.1, 0.15) is 27.0 Å². The molecule has 4 heteroatoms. The number of nitrogens with one attached hydrogen (secondary N) is 2. The molecule has 2 N–H and O–H groups in total. The van der Waals surface area contributed by atoms with Crippen LogP contribution in [0.3, 0.4) is 0 Å². The van der Waals surface area contributed by atoms with Crippen LogP contribution in [0.25, 0.3) is 16.8 Å². The van der Waals surface area contributed by atoms with Crippen molar-refractivity contribution in [3.63, 3.8) is 0 Å². The lowest BCUT2D eigenvalue weighted by Gasteiger charge is -2.11. The summed E-state index contributed by atoms with van der Waals surface area (Å²) in [5.41, 5.74) is 4.80. The molecule has 0 fully saturated rings. The highest BCUT2D eigenvalue weighted by Crippen LogP contribution is 2.21. The summed E-state index contributed by atoms with van der Waals surface area (Å²) >= 11 is 0. The Labute approximate surface area is 187 Å². The van der Waals surface area contributed by atoms with Gasteiger partial charge in [-0.15, -0.1) is 0 Å². The normalized spacial score (nSPS) is 10.9. The number of amides is 2. The Balaban J connectivity index is 1.51. The molecule has 0 spiro atoms. The van der Waals surface area contributed by atoms with Gasteiger partial charge in [0.25, 0.3) is 5.91 Å². The van der Waals surface area contributed by atoms with Crippen molar-refractivity contribution in [2.45, 2.75) is 13.8 Å². The fourth-order valence-corrected chi connectivity index (χ4v) is 3.54. The van der Waals surface area contributed by atoms with E-state index in [1.807, 2.05) is 74.5 Å². The largest absolute Gasteiger partial charge is 0.322 e. The molecule has 4 rings (SSSR count). The molecular weight excluding hydrogens is 396 g/mol. The van der Waals surface area contributed by atoms with Gasteiger partial charge in [0.2, 0.25) is 5.91 Å². The second kappa shape index (κ2) is 9.31. The maximum absolute atomic E-state index is 12.9. The van der Waals surface area contributed by atoms with Crippen LogP contribution < -0.4 is 10.6 Å². The molecule has 158 valence electrons. The Kier molecular flexibility index (Phi) is 6.13. The monoisotopic (exact) mass is 420 g/mol. The molecule has 4 nitrogen and oxygen atoms in total. The van der Waals surface area contributed by atoms with Crippen molar-refractivity contribution >= 4 is 40.0 Å². The Morgan fingerprint density at radius 2 is 1.50 bits per heavy atom. The van der Waals surface area contributed by atoms with Crippen molar-refractivity contribution in [2.24, 2.45) is 0 Å². The van der Waals surface area contributed by atoms with E-state index in [4.69, 9.17) is 0 Å². The van der Waals surface area contributed by atoms with E-state index in [0.717, 1.165) is 33.2 Å². The molecule has 0 aliphatic rings. The number of hydrogen-bond acceptors (Lipinski definition) is 2. The van der Waals surface area contributed by atoms with E-state index >= 15 is 0 Å². The van der Waals surface area contributed by atoms with Crippen molar-refractivity contribution < 1.29 is 9.59 Å². The van der Waals surface area contributed by atoms with Gasteiger partial charge in [-0.25, -0.2) is 0 Å². The average Bonchev–Trinajstić information content (AvgIpc) is 2.80. The first-order valence-electron chi connectivity index (χ1n) is 10.5. The number of anilines is 2. The van der Waals surface area contributed by atoms with Gasteiger partial charge in [0.1, 0.15) is 0 Å². The third-order valence-electron chi connectivity index (χ3n) is 5.43. The average molecular weight is 421 g/mol. The van der Waals surface area contributed by atoms with Crippen LogP contribution >= 0.6 is 0 Å². The number of rotatable bonds is 5. The second-order valence-electron chi connectivity index (χ2n) is 7.69. The lowest BCUT2D eigenvalue weighted by Crippen LogP contribution is -2.17. The topological polar surface area (TPSA) is 58.2 Å². The summed E-state index contributed by atoms with van der Waals surface area (Å²) in [5, 5.41) is 7.93. The SMILES string of the molecule is Cc1ccc(NC(=O)c2ccccc2NC(=O)C=Cc2cccc3ccccc23)cc1C. The fourth-order valence-electron chi connectivity index (χ4n) is 3.54. The van der Waals surface area contributed by atoms with Crippen LogP contribution in [0.4, 0.5) is 11.4 Å². The van der Waals surface area contributed by atoms with E-state index < -0.39 is 0 Å². The van der Waals surface area contributed by atoms with E-state index in [-0.39, 0.29) is 11.8 Å². The van der Waals surface area contributed by atoms with Crippen LogP contribution in [0.5, 0.6) is 0 Å². The van der Waals surface area contributed by atoms with Gasteiger partial charge >= 0.3 is 0 Å². The molecule has 0 unspecified atom stereocenters. The van der Waals surface area contributed by atoms with Gasteiger partial charge in [-0.2, -0.15) is 0 Å². The highest BCUT2D eigenvalue weighted by atomic mass is 16.2. The lowest BCUT2D eigenvalue weighted by atomic mass is 10.0. The molecule has 0 aromatic heterocycles. The van der Waals surface area contributed by atoms with E-state index in [1.165, 1.54) is 6.08 Å². The number of hydrogen-bond donors (Lipinski definition) is 2. The van der Waals surface area contributed by atoms with Crippen LogP contribution in [0.2, 0.25) is 0 Å². The second-order valence-corrected chi connectivity index (χ2v) is 7.69. The zero-order chi connectivity index (χ0) is 22.5. The molecule has 0 heterocycles. The molecule has 2 amide bonds. The molecule has 0 saturated carbocycles. The van der Waals surface area contributed by atoms with Crippen LogP contribution in [-0.2, 0) is 4.79 Å². The number of carbonyl (C=O) groups is 2. The lowest BCUT2D eigenvalue weighted by molar-refractivity contribution is -0.111. The number of aryl methyl sites for hydroxylation is 2. The fraction of sp³-hybridized carbons (Fsp3) is 0.0714. The molecule has 0 atom stereocenters.